The summed E-state index contributed by atoms with van der Waals surface area (Å²) in [7, 11) is 0. The molecule has 2 heterocycles. The summed E-state index contributed by atoms with van der Waals surface area (Å²) in [5.74, 6) is 0.349. The normalized spacial score (nSPS) is 15.8. The Balaban J connectivity index is 1.66. The Morgan fingerprint density at radius 2 is 2.03 bits per heavy atom. The lowest BCUT2D eigenvalue weighted by atomic mass is 10.1. The lowest BCUT2D eigenvalue weighted by Gasteiger charge is -2.10. The zero-order chi connectivity index (χ0) is 23.9. The van der Waals surface area contributed by atoms with Gasteiger partial charge >= 0.3 is 0 Å². The van der Waals surface area contributed by atoms with Crippen molar-refractivity contribution in [2.75, 3.05) is 13.2 Å². The molecule has 4 rings (SSSR count). The number of amides is 1. The molecule has 1 N–H and O–H groups in total. The number of rotatable bonds is 8. The van der Waals surface area contributed by atoms with Crippen molar-refractivity contribution < 1.29 is 14.3 Å². The zero-order valence-electron chi connectivity index (χ0n) is 19.4. The number of carbonyl (C=O) groups excluding carboxylic acids is 1. The quantitative estimate of drug-likeness (QED) is 0.397. The lowest BCUT2D eigenvalue weighted by Crippen LogP contribution is -2.32. The van der Waals surface area contributed by atoms with E-state index in [4.69, 9.17) is 14.6 Å². The smallest absolute Gasteiger partial charge is 0.262 e. The van der Waals surface area contributed by atoms with Gasteiger partial charge in [0.05, 0.1) is 23.6 Å². The predicted octanol–water partition coefficient (Wildman–Crippen LogP) is 4.53. The summed E-state index contributed by atoms with van der Waals surface area (Å²) in [6.07, 6.45) is 5.40. The minimum Gasteiger partial charge on any atom is -0.491 e. The zero-order valence-corrected chi connectivity index (χ0v) is 19.4. The van der Waals surface area contributed by atoms with Crippen molar-refractivity contribution in [1.82, 2.24) is 15.1 Å². The van der Waals surface area contributed by atoms with Gasteiger partial charge in [-0.15, -0.1) is 0 Å². The highest BCUT2D eigenvalue weighted by atomic mass is 16.5. The Hall–Kier alpha value is -3.89. The van der Waals surface area contributed by atoms with Gasteiger partial charge in [0.15, 0.2) is 0 Å². The first-order valence-corrected chi connectivity index (χ1v) is 11.5. The van der Waals surface area contributed by atoms with Crippen molar-refractivity contribution in [3.8, 4) is 28.8 Å². The average Bonchev–Trinajstić information content (AvgIpc) is 3.52. The fraction of sp³-hybridized carbons (Fsp3) is 0.296. The third kappa shape index (κ3) is 5.72. The number of carbonyl (C=O) groups is 1. The standard InChI is InChI=1S/C27H28N4O3/c1-19(2)34-24-12-10-20(11-13-24)26-22(18-31(30-26)23-7-4-3-5-8-23)15-21(16-28)27(32)29-17-25-9-6-14-33-25/h3-5,7-8,10-13,15,18-19,25H,6,9,14,17H2,1-2H3,(H,29,32). The van der Waals surface area contributed by atoms with E-state index in [0.717, 1.165) is 29.8 Å². The van der Waals surface area contributed by atoms with Gasteiger partial charge in [-0.3, -0.25) is 4.79 Å². The highest BCUT2D eigenvalue weighted by Crippen LogP contribution is 2.28. The molecule has 0 spiro atoms. The van der Waals surface area contributed by atoms with Crippen LogP contribution in [-0.2, 0) is 9.53 Å². The van der Waals surface area contributed by atoms with Crippen LogP contribution in [0, 0.1) is 11.3 Å². The molecule has 0 saturated carbocycles. The van der Waals surface area contributed by atoms with E-state index in [1.165, 1.54) is 0 Å². The van der Waals surface area contributed by atoms with Crippen LogP contribution in [0.15, 0.2) is 66.4 Å². The number of hydrogen-bond acceptors (Lipinski definition) is 5. The van der Waals surface area contributed by atoms with E-state index < -0.39 is 5.91 Å². The Morgan fingerprint density at radius 1 is 1.26 bits per heavy atom. The Labute approximate surface area is 199 Å². The molecule has 0 bridgehead atoms. The van der Waals surface area contributed by atoms with Gasteiger partial charge in [0, 0.05) is 30.5 Å². The average molecular weight is 457 g/mol. The van der Waals surface area contributed by atoms with Gasteiger partial charge in [-0.1, -0.05) is 18.2 Å². The van der Waals surface area contributed by atoms with E-state index in [-0.39, 0.29) is 17.8 Å². The second kappa shape index (κ2) is 10.8. The van der Waals surface area contributed by atoms with Gasteiger partial charge in [0.1, 0.15) is 17.4 Å². The molecule has 0 aliphatic carbocycles. The van der Waals surface area contributed by atoms with Crippen molar-refractivity contribution in [1.29, 1.82) is 5.26 Å². The van der Waals surface area contributed by atoms with E-state index in [1.807, 2.05) is 80.7 Å². The fourth-order valence-electron chi connectivity index (χ4n) is 3.80. The van der Waals surface area contributed by atoms with Crippen molar-refractivity contribution in [2.45, 2.75) is 38.9 Å². The summed E-state index contributed by atoms with van der Waals surface area (Å²) in [4.78, 5) is 12.7. The molecule has 1 unspecified atom stereocenters. The molecule has 7 nitrogen and oxygen atoms in total. The molecule has 3 aromatic rings. The molecule has 34 heavy (non-hydrogen) atoms. The summed E-state index contributed by atoms with van der Waals surface area (Å²) in [5.41, 5.74) is 3.09. The molecule has 1 saturated heterocycles. The SMILES string of the molecule is CC(C)Oc1ccc(-c2nn(-c3ccccc3)cc2C=C(C#N)C(=O)NCC2CCCO2)cc1. The molecule has 1 atom stereocenters. The first-order valence-electron chi connectivity index (χ1n) is 11.5. The third-order valence-corrected chi connectivity index (χ3v) is 5.44. The molecule has 1 fully saturated rings. The number of hydrogen-bond donors (Lipinski definition) is 1. The summed E-state index contributed by atoms with van der Waals surface area (Å²) < 4.78 is 13.1. The number of aromatic nitrogens is 2. The third-order valence-electron chi connectivity index (χ3n) is 5.44. The number of nitrogens with zero attached hydrogens (tertiary/aromatic N) is 3. The second-order valence-electron chi connectivity index (χ2n) is 8.42. The van der Waals surface area contributed by atoms with Crippen molar-refractivity contribution >= 4 is 12.0 Å². The van der Waals surface area contributed by atoms with E-state index in [9.17, 15) is 10.1 Å². The minimum absolute atomic E-state index is 0.00635. The van der Waals surface area contributed by atoms with Crippen LogP contribution >= 0.6 is 0 Å². The first-order chi connectivity index (χ1) is 16.5. The van der Waals surface area contributed by atoms with Crippen LogP contribution in [0.25, 0.3) is 23.0 Å². The first kappa shape index (κ1) is 23.3. The largest absolute Gasteiger partial charge is 0.491 e. The van der Waals surface area contributed by atoms with E-state index in [1.54, 1.807) is 10.8 Å². The lowest BCUT2D eigenvalue weighted by molar-refractivity contribution is -0.117. The second-order valence-corrected chi connectivity index (χ2v) is 8.42. The molecule has 174 valence electrons. The maximum absolute atomic E-state index is 12.7. The van der Waals surface area contributed by atoms with Crippen LogP contribution in [0.2, 0.25) is 0 Å². The maximum Gasteiger partial charge on any atom is 0.262 e. The summed E-state index contributed by atoms with van der Waals surface area (Å²) in [6, 6.07) is 19.4. The fourth-order valence-corrected chi connectivity index (χ4v) is 3.80. The minimum atomic E-state index is -0.419. The number of nitriles is 1. The monoisotopic (exact) mass is 456 g/mol. The van der Waals surface area contributed by atoms with Gasteiger partial charge in [0.2, 0.25) is 0 Å². The Kier molecular flexibility index (Phi) is 7.41. The number of para-hydroxylation sites is 1. The van der Waals surface area contributed by atoms with Crippen LogP contribution in [0.3, 0.4) is 0 Å². The predicted molar refractivity (Wildman–Crippen MR) is 130 cm³/mol. The highest BCUT2D eigenvalue weighted by Gasteiger charge is 2.19. The molecule has 0 radical (unpaired) electrons. The van der Waals surface area contributed by atoms with Crippen molar-refractivity contribution in [3.05, 3.63) is 71.9 Å². The molecular weight excluding hydrogens is 428 g/mol. The van der Waals surface area contributed by atoms with Crippen LogP contribution in [0.5, 0.6) is 5.75 Å². The van der Waals surface area contributed by atoms with Gasteiger partial charge in [0.25, 0.3) is 5.91 Å². The van der Waals surface area contributed by atoms with Gasteiger partial charge in [-0.25, -0.2) is 4.68 Å². The highest BCUT2D eigenvalue weighted by molar-refractivity contribution is 6.02. The Bertz CT molecular complexity index is 1180. The maximum atomic E-state index is 12.7. The molecule has 2 aromatic carbocycles. The van der Waals surface area contributed by atoms with Crippen LogP contribution in [-0.4, -0.2) is 41.0 Å². The summed E-state index contributed by atoms with van der Waals surface area (Å²) >= 11 is 0. The van der Waals surface area contributed by atoms with Crippen LogP contribution in [0.4, 0.5) is 0 Å². The number of nitrogens with one attached hydrogen (secondary N) is 1. The summed E-state index contributed by atoms with van der Waals surface area (Å²) in [5, 5.41) is 17.3. The van der Waals surface area contributed by atoms with Gasteiger partial charge < -0.3 is 14.8 Å². The van der Waals surface area contributed by atoms with E-state index in [0.29, 0.717) is 24.4 Å². The summed E-state index contributed by atoms with van der Waals surface area (Å²) in [6.45, 7) is 5.06. The van der Waals surface area contributed by atoms with Gasteiger partial charge in [-0.2, -0.15) is 10.4 Å². The topological polar surface area (TPSA) is 89.2 Å². The van der Waals surface area contributed by atoms with Crippen LogP contribution in [0.1, 0.15) is 32.3 Å². The molecule has 7 heteroatoms. The molecule has 1 aliphatic heterocycles. The van der Waals surface area contributed by atoms with E-state index >= 15 is 0 Å². The Morgan fingerprint density at radius 3 is 2.68 bits per heavy atom. The van der Waals surface area contributed by atoms with E-state index in [2.05, 4.69) is 5.32 Å². The number of benzene rings is 2. The molecular formula is C27H28N4O3. The molecule has 1 aromatic heterocycles. The van der Waals surface area contributed by atoms with Crippen LogP contribution < -0.4 is 10.1 Å². The molecule has 1 aliphatic rings. The van der Waals surface area contributed by atoms with Gasteiger partial charge in [-0.05, 0) is 69.2 Å². The number of ether oxygens (including phenoxy) is 2. The van der Waals surface area contributed by atoms with Crippen molar-refractivity contribution in [2.24, 2.45) is 0 Å². The molecule has 1 amide bonds. The van der Waals surface area contributed by atoms with Crippen molar-refractivity contribution in [3.63, 3.8) is 0 Å².